The summed E-state index contributed by atoms with van der Waals surface area (Å²) in [6, 6.07) is 7.49. The molecule has 1 heterocycles. The smallest absolute Gasteiger partial charge is 0.222 e. The molecule has 1 aromatic rings. The van der Waals surface area contributed by atoms with Crippen molar-refractivity contribution in [2.24, 2.45) is 5.73 Å². The van der Waals surface area contributed by atoms with Gasteiger partial charge in [-0.3, -0.25) is 4.79 Å². The van der Waals surface area contributed by atoms with Crippen molar-refractivity contribution < 1.29 is 9.53 Å². The molecule has 0 spiro atoms. The average Bonchev–Trinajstić information content (AvgIpc) is 2.45. The maximum atomic E-state index is 11.7. The lowest BCUT2D eigenvalue weighted by molar-refractivity contribution is -0.133. The number of likely N-dealkylation sites (tertiary alicyclic amines) is 1. The summed E-state index contributed by atoms with van der Waals surface area (Å²) in [6.45, 7) is 2.19. The molecule has 108 valence electrons. The van der Waals surface area contributed by atoms with Crippen molar-refractivity contribution >= 4 is 23.1 Å². The lowest BCUT2D eigenvalue weighted by Gasteiger charge is -2.26. The molecule has 20 heavy (non-hydrogen) atoms. The Hall–Kier alpha value is -1.62. The maximum absolute atomic E-state index is 11.7. The highest BCUT2D eigenvalue weighted by molar-refractivity contribution is 7.80. The van der Waals surface area contributed by atoms with Gasteiger partial charge >= 0.3 is 0 Å². The van der Waals surface area contributed by atoms with Gasteiger partial charge in [-0.2, -0.15) is 0 Å². The maximum Gasteiger partial charge on any atom is 0.222 e. The topological polar surface area (TPSA) is 55.6 Å². The summed E-state index contributed by atoms with van der Waals surface area (Å²) in [6.07, 6.45) is 3.63. The summed E-state index contributed by atoms with van der Waals surface area (Å²) in [4.78, 5) is 13.9. The van der Waals surface area contributed by atoms with Gasteiger partial charge in [0.15, 0.2) is 0 Å². The number of para-hydroxylation sites is 1. The fourth-order valence-electron chi connectivity index (χ4n) is 2.33. The fourth-order valence-corrected chi connectivity index (χ4v) is 2.50. The molecule has 0 atom stereocenters. The molecule has 1 aliphatic heterocycles. The molecule has 1 fully saturated rings. The summed E-state index contributed by atoms with van der Waals surface area (Å²) >= 11 is 4.99. The van der Waals surface area contributed by atoms with Crippen LogP contribution in [0.4, 0.5) is 0 Å². The van der Waals surface area contributed by atoms with E-state index in [2.05, 4.69) is 0 Å². The van der Waals surface area contributed by atoms with Crippen molar-refractivity contribution in [3.8, 4) is 5.75 Å². The SMILES string of the molecule is NC(=S)c1ccccc1OCCCN1CCCCC1=O. The van der Waals surface area contributed by atoms with Crippen LogP contribution in [-0.2, 0) is 4.79 Å². The Morgan fingerprint density at radius 3 is 2.90 bits per heavy atom. The van der Waals surface area contributed by atoms with E-state index in [-0.39, 0.29) is 5.91 Å². The third-order valence-electron chi connectivity index (χ3n) is 3.40. The van der Waals surface area contributed by atoms with Crippen molar-refractivity contribution in [2.45, 2.75) is 25.7 Å². The molecular formula is C15H20N2O2S. The van der Waals surface area contributed by atoms with Crippen LogP contribution in [0.25, 0.3) is 0 Å². The predicted molar refractivity (Wildman–Crippen MR) is 82.9 cm³/mol. The van der Waals surface area contributed by atoms with Crippen LogP contribution in [0.15, 0.2) is 24.3 Å². The highest BCUT2D eigenvalue weighted by atomic mass is 32.1. The first kappa shape index (κ1) is 14.8. The van der Waals surface area contributed by atoms with Gasteiger partial charge in [-0.05, 0) is 31.4 Å². The Balaban J connectivity index is 1.78. The summed E-state index contributed by atoms with van der Waals surface area (Å²) in [7, 11) is 0. The van der Waals surface area contributed by atoms with Gasteiger partial charge in [0.2, 0.25) is 5.91 Å². The third kappa shape index (κ3) is 3.93. The molecule has 2 rings (SSSR count). The summed E-state index contributed by atoms with van der Waals surface area (Å²) in [5.74, 6) is 0.977. The molecule has 2 N–H and O–H groups in total. The van der Waals surface area contributed by atoms with E-state index in [9.17, 15) is 4.79 Å². The normalized spacial score (nSPS) is 15.2. The Morgan fingerprint density at radius 1 is 1.35 bits per heavy atom. The second kappa shape index (κ2) is 7.24. The average molecular weight is 292 g/mol. The van der Waals surface area contributed by atoms with Crippen LogP contribution >= 0.6 is 12.2 Å². The molecule has 1 saturated heterocycles. The third-order valence-corrected chi connectivity index (χ3v) is 3.62. The number of thiocarbonyl (C=S) groups is 1. The van der Waals surface area contributed by atoms with Crippen LogP contribution in [0.5, 0.6) is 5.75 Å². The number of nitrogens with two attached hydrogens (primary N) is 1. The molecular weight excluding hydrogens is 272 g/mol. The van der Waals surface area contributed by atoms with E-state index in [1.807, 2.05) is 29.2 Å². The zero-order chi connectivity index (χ0) is 14.4. The second-order valence-corrected chi connectivity index (χ2v) is 5.34. The Morgan fingerprint density at radius 2 is 2.15 bits per heavy atom. The predicted octanol–water partition coefficient (Wildman–Crippen LogP) is 2.10. The van der Waals surface area contributed by atoms with Crippen LogP contribution in [0.3, 0.4) is 0 Å². The Labute approximate surface area is 124 Å². The molecule has 1 aliphatic rings. The van der Waals surface area contributed by atoms with Gasteiger partial charge in [0.25, 0.3) is 0 Å². The van der Waals surface area contributed by atoms with E-state index >= 15 is 0 Å². The first-order chi connectivity index (χ1) is 9.68. The van der Waals surface area contributed by atoms with E-state index in [0.717, 1.165) is 37.9 Å². The quantitative estimate of drug-likeness (QED) is 0.644. The van der Waals surface area contributed by atoms with E-state index in [1.165, 1.54) is 0 Å². The molecule has 0 aromatic heterocycles. The first-order valence-electron chi connectivity index (χ1n) is 6.98. The van der Waals surface area contributed by atoms with Crippen LogP contribution in [0, 0.1) is 0 Å². The summed E-state index contributed by atoms with van der Waals surface area (Å²) in [5, 5.41) is 0. The number of hydrogen-bond donors (Lipinski definition) is 1. The monoisotopic (exact) mass is 292 g/mol. The molecule has 1 aromatic carbocycles. The molecule has 0 unspecified atom stereocenters. The van der Waals surface area contributed by atoms with Crippen LogP contribution in [0.1, 0.15) is 31.2 Å². The zero-order valence-corrected chi connectivity index (χ0v) is 12.3. The van der Waals surface area contributed by atoms with E-state index < -0.39 is 0 Å². The van der Waals surface area contributed by atoms with Gasteiger partial charge in [-0.1, -0.05) is 24.4 Å². The molecule has 5 heteroatoms. The first-order valence-corrected chi connectivity index (χ1v) is 7.38. The molecule has 0 aliphatic carbocycles. The number of piperidine rings is 1. The van der Waals surface area contributed by atoms with Crippen molar-refractivity contribution in [1.82, 2.24) is 4.90 Å². The van der Waals surface area contributed by atoms with Gasteiger partial charge in [-0.15, -0.1) is 0 Å². The van der Waals surface area contributed by atoms with Gasteiger partial charge in [0.1, 0.15) is 10.7 Å². The molecule has 0 bridgehead atoms. The van der Waals surface area contributed by atoms with E-state index in [1.54, 1.807) is 0 Å². The van der Waals surface area contributed by atoms with E-state index in [0.29, 0.717) is 23.8 Å². The highest BCUT2D eigenvalue weighted by Gasteiger charge is 2.17. The van der Waals surface area contributed by atoms with E-state index in [4.69, 9.17) is 22.7 Å². The zero-order valence-electron chi connectivity index (χ0n) is 11.5. The van der Waals surface area contributed by atoms with Crippen molar-refractivity contribution in [3.05, 3.63) is 29.8 Å². The number of carbonyl (C=O) groups is 1. The Kier molecular flexibility index (Phi) is 5.35. The largest absolute Gasteiger partial charge is 0.493 e. The number of rotatable bonds is 6. The lowest BCUT2D eigenvalue weighted by Crippen LogP contribution is -2.36. The number of nitrogens with zero attached hydrogens (tertiary/aromatic N) is 1. The lowest BCUT2D eigenvalue weighted by atomic mass is 10.1. The van der Waals surface area contributed by atoms with Gasteiger partial charge < -0.3 is 15.4 Å². The highest BCUT2D eigenvalue weighted by Crippen LogP contribution is 2.18. The number of hydrogen-bond acceptors (Lipinski definition) is 3. The molecule has 0 saturated carbocycles. The number of amides is 1. The standard InChI is InChI=1S/C15H20N2O2S/c16-15(20)12-6-1-2-7-13(12)19-11-5-10-17-9-4-3-8-14(17)18/h1-2,6-7H,3-5,8-11H2,(H2,16,20). The number of ether oxygens (including phenoxy) is 1. The van der Waals surface area contributed by atoms with Gasteiger partial charge in [-0.25, -0.2) is 0 Å². The minimum absolute atomic E-state index is 0.264. The van der Waals surface area contributed by atoms with Crippen molar-refractivity contribution in [1.29, 1.82) is 0 Å². The molecule has 4 nitrogen and oxygen atoms in total. The molecule has 1 amide bonds. The van der Waals surface area contributed by atoms with Crippen molar-refractivity contribution in [2.75, 3.05) is 19.7 Å². The fraction of sp³-hybridized carbons (Fsp3) is 0.467. The summed E-state index contributed by atoms with van der Waals surface area (Å²) < 4.78 is 5.72. The van der Waals surface area contributed by atoms with Crippen LogP contribution in [0.2, 0.25) is 0 Å². The Bertz CT molecular complexity index is 491. The van der Waals surface area contributed by atoms with Crippen LogP contribution < -0.4 is 10.5 Å². The van der Waals surface area contributed by atoms with Crippen LogP contribution in [-0.4, -0.2) is 35.5 Å². The number of carbonyl (C=O) groups excluding carboxylic acids is 1. The minimum Gasteiger partial charge on any atom is -0.493 e. The molecule has 0 radical (unpaired) electrons. The number of benzene rings is 1. The summed E-state index contributed by atoms with van der Waals surface area (Å²) in [5.41, 5.74) is 6.41. The van der Waals surface area contributed by atoms with Crippen molar-refractivity contribution in [3.63, 3.8) is 0 Å². The minimum atomic E-state index is 0.264. The second-order valence-electron chi connectivity index (χ2n) is 4.90. The van der Waals surface area contributed by atoms with Gasteiger partial charge in [0.05, 0.1) is 12.2 Å². The van der Waals surface area contributed by atoms with Gasteiger partial charge in [0, 0.05) is 19.5 Å².